The summed E-state index contributed by atoms with van der Waals surface area (Å²) in [6.07, 6.45) is 1.14. The number of carbonyl (C=O) groups excluding carboxylic acids is 3. The zero-order valence-electron chi connectivity index (χ0n) is 15.0. The fraction of sp³-hybridized carbons (Fsp3) is 0.526. The summed E-state index contributed by atoms with van der Waals surface area (Å²) < 4.78 is 10.5. The largest absolute Gasteiger partial charge is 0.462 e. The summed E-state index contributed by atoms with van der Waals surface area (Å²) in [5.41, 5.74) is -1.43. The highest BCUT2D eigenvalue weighted by molar-refractivity contribution is 6.03. The molecule has 3 rings (SSSR count). The molecule has 1 aromatic rings. The number of esters is 2. The molecule has 1 heterocycles. The number of hydrogen-bond donors (Lipinski definition) is 1. The van der Waals surface area contributed by atoms with Gasteiger partial charge < -0.3 is 14.8 Å². The van der Waals surface area contributed by atoms with Crippen LogP contribution in [0.25, 0.3) is 0 Å². The van der Waals surface area contributed by atoms with Crippen molar-refractivity contribution < 1.29 is 23.9 Å². The van der Waals surface area contributed by atoms with Crippen LogP contribution in [0.1, 0.15) is 50.9 Å². The minimum Gasteiger partial charge on any atom is -0.462 e. The van der Waals surface area contributed by atoms with E-state index in [1.807, 2.05) is 20.8 Å². The number of hydrogen-bond acceptors (Lipinski definition) is 5. The van der Waals surface area contributed by atoms with Crippen LogP contribution in [0.15, 0.2) is 24.3 Å². The Bertz CT molecular complexity index is 739. The predicted molar refractivity (Wildman–Crippen MR) is 91.0 cm³/mol. The topological polar surface area (TPSA) is 81.7 Å². The van der Waals surface area contributed by atoms with Gasteiger partial charge in [0.15, 0.2) is 5.60 Å². The van der Waals surface area contributed by atoms with Crippen LogP contribution in [-0.4, -0.2) is 30.1 Å². The van der Waals surface area contributed by atoms with Crippen LogP contribution in [0.2, 0.25) is 0 Å². The van der Waals surface area contributed by atoms with Crippen LogP contribution in [0.5, 0.6) is 0 Å². The van der Waals surface area contributed by atoms with Crippen molar-refractivity contribution in [2.75, 3.05) is 11.9 Å². The summed E-state index contributed by atoms with van der Waals surface area (Å²) in [6, 6.07) is 6.46. The molecule has 2 atom stereocenters. The van der Waals surface area contributed by atoms with Crippen LogP contribution in [0.3, 0.4) is 0 Å². The highest BCUT2D eigenvalue weighted by Gasteiger charge is 2.75. The van der Waals surface area contributed by atoms with Gasteiger partial charge in [-0.05, 0) is 51.0 Å². The molecule has 6 heteroatoms. The van der Waals surface area contributed by atoms with E-state index in [0.717, 1.165) is 0 Å². The fourth-order valence-corrected chi connectivity index (χ4v) is 3.88. The molecule has 1 saturated heterocycles. The normalized spacial score (nSPS) is 29.2. The van der Waals surface area contributed by atoms with Gasteiger partial charge in [-0.2, -0.15) is 0 Å². The highest BCUT2D eigenvalue weighted by Crippen LogP contribution is 2.65. The lowest BCUT2D eigenvalue weighted by atomic mass is 9.66. The van der Waals surface area contributed by atoms with E-state index < -0.39 is 22.4 Å². The molecule has 1 saturated carbocycles. The Morgan fingerprint density at radius 3 is 2.28 bits per heavy atom. The Morgan fingerprint density at radius 1 is 1.16 bits per heavy atom. The number of carbonyl (C=O) groups is 3. The van der Waals surface area contributed by atoms with Gasteiger partial charge in [0.1, 0.15) is 0 Å². The van der Waals surface area contributed by atoms with E-state index in [0.29, 0.717) is 30.7 Å². The van der Waals surface area contributed by atoms with E-state index in [-0.39, 0.29) is 11.9 Å². The molecular formula is C19H23NO5. The standard InChI is InChI=1S/C19H23NO5/c1-5-24-14(21)12-6-8-13(9-7-12)20-15(22)19-11-10-18(4,16(23)25-19)17(19,2)3/h6-9H,5,10-11H2,1-4H3,(H,20,22)/t18-,19+/m1/s1. The molecule has 2 bridgehead atoms. The highest BCUT2D eigenvalue weighted by atomic mass is 16.6. The van der Waals surface area contributed by atoms with Gasteiger partial charge in [0.05, 0.1) is 17.6 Å². The second kappa shape index (κ2) is 5.58. The summed E-state index contributed by atoms with van der Waals surface area (Å²) in [5, 5.41) is 2.83. The summed E-state index contributed by atoms with van der Waals surface area (Å²) in [4.78, 5) is 36.9. The number of ether oxygens (including phenoxy) is 2. The molecule has 25 heavy (non-hydrogen) atoms. The van der Waals surface area contributed by atoms with Crippen molar-refractivity contribution in [3.63, 3.8) is 0 Å². The summed E-state index contributed by atoms with van der Waals surface area (Å²) in [5.74, 6) is -1.04. The first-order valence-corrected chi connectivity index (χ1v) is 8.50. The summed E-state index contributed by atoms with van der Waals surface area (Å²) in [7, 11) is 0. The number of nitrogens with one attached hydrogen (secondary N) is 1. The zero-order chi connectivity index (χ0) is 18.5. The SMILES string of the molecule is CCOC(=O)c1ccc(NC(=O)[C@]23CC[C@](C)(C(=O)O2)C3(C)C)cc1. The van der Waals surface area contributed by atoms with Gasteiger partial charge in [0, 0.05) is 11.1 Å². The van der Waals surface area contributed by atoms with Gasteiger partial charge in [-0.25, -0.2) is 4.79 Å². The lowest BCUT2D eigenvalue weighted by Crippen LogP contribution is -2.50. The van der Waals surface area contributed by atoms with E-state index in [9.17, 15) is 14.4 Å². The van der Waals surface area contributed by atoms with Crippen LogP contribution in [0, 0.1) is 10.8 Å². The van der Waals surface area contributed by atoms with Gasteiger partial charge >= 0.3 is 11.9 Å². The molecule has 1 aromatic carbocycles. The third-order valence-corrected chi connectivity index (χ3v) is 6.10. The van der Waals surface area contributed by atoms with Crippen LogP contribution < -0.4 is 5.32 Å². The number of amides is 1. The lowest BCUT2D eigenvalue weighted by Gasteiger charge is -2.35. The number of fused-ring (bicyclic) bond motifs is 2. The molecule has 0 spiro atoms. The summed E-state index contributed by atoms with van der Waals surface area (Å²) in [6.45, 7) is 7.74. The van der Waals surface area contributed by atoms with E-state index in [2.05, 4.69) is 5.32 Å². The van der Waals surface area contributed by atoms with Crippen LogP contribution in [0.4, 0.5) is 5.69 Å². The fourth-order valence-electron chi connectivity index (χ4n) is 3.88. The first-order valence-electron chi connectivity index (χ1n) is 8.50. The molecule has 2 fully saturated rings. The van der Waals surface area contributed by atoms with Crippen molar-refractivity contribution in [1.82, 2.24) is 0 Å². The minimum absolute atomic E-state index is 0.305. The Hall–Kier alpha value is -2.37. The Balaban J connectivity index is 1.79. The Labute approximate surface area is 146 Å². The summed E-state index contributed by atoms with van der Waals surface area (Å²) >= 11 is 0. The smallest absolute Gasteiger partial charge is 0.338 e. The van der Waals surface area contributed by atoms with E-state index in [4.69, 9.17) is 9.47 Å². The average Bonchev–Trinajstić information content (AvgIpc) is 2.86. The quantitative estimate of drug-likeness (QED) is 0.849. The second-order valence-electron chi connectivity index (χ2n) is 7.43. The zero-order valence-corrected chi connectivity index (χ0v) is 15.0. The third-order valence-electron chi connectivity index (χ3n) is 6.10. The van der Waals surface area contributed by atoms with Crippen molar-refractivity contribution in [2.45, 2.75) is 46.1 Å². The first kappa shape index (κ1) is 17.5. The number of anilines is 1. The van der Waals surface area contributed by atoms with Gasteiger partial charge in [0.25, 0.3) is 5.91 Å². The molecule has 0 aromatic heterocycles. The van der Waals surface area contributed by atoms with Gasteiger partial charge in [-0.3, -0.25) is 9.59 Å². The molecule has 1 amide bonds. The van der Waals surface area contributed by atoms with Crippen molar-refractivity contribution in [3.05, 3.63) is 29.8 Å². The minimum atomic E-state index is -1.15. The molecular weight excluding hydrogens is 322 g/mol. The molecule has 1 N–H and O–H groups in total. The molecule has 134 valence electrons. The second-order valence-corrected chi connectivity index (χ2v) is 7.43. The number of benzene rings is 1. The Morgan fingerprint density at radius 2 is 1.80 bits per heavy atom. The maximum absolute atomic E-state index is 12.9. The van der Waals surface area contributed by atoms with Crippen molar-refractivity contribution in [3.8, 4) is 0 Å². The Kier molecular flexibility index (Phi) is 3.89. The number of rotatable bonds is 4. The average molecular weight is 345 g/mol. The maximum Gasteiger partial charge on any atom is 0.338 e. The molecule has 0 unspecified atom stereocenters. The molecule has 1 aliphatic heterocycles. The predicted octanol–water partition coefficient (Wildman–Crippen LogP) is 2.92. The van der Waals surface area contributed by atoms with E-state index >= 15 is 0 Å². The van der Waals surface area contributed by atoms with Gasteiger partial charge in [-0.1, -0.05) is 13.8 Å². The van der Waals surface area contributed by atoms with Gasteiger partial charge in [0.2, 0.25) is 0 Å². The molecule has 0 radical (unpaired) electrons. The van der Waals surface area contributed by atoms with Crippen molar-refractivity contribution in [1.29, 1.82) is 0 Å². The van der Waals surface area contributed by atoms with Crippen molar-refractivity contribution in [2.24, 2.45) is 10.8 Å². The maximum atomic E-state index is 12.9. The molecule has 2 aliphatic rings. The van der Waals surface area contributed by atoms with Crippen molar-refractivity contribution >= 4 is 23.5 Å². The van der Waals surface area contributed by atoms with Gasteiger partial charge in [-0.15, -0.1) is 0 Å². The van der Waals surface area contributed by atoms with Crippen LogP contribution >= 0.6 is 0 Å². The third kappa shape index (κ3) is 2.27. The van der Waals surface area contributed by atoms with Crippen LogP contribution in [-0.2, 0) is 19.1 Å². The molecule has 6 nitrogen and oxygen atoms in total. The lowest BCUT2D eigenvalue weighted by molar-refractivity contribution is -0.165. The molecule has 1 aliphatic carbocycles. The first-order chi connectivity index (χ1) is 11.7. The van der Waals surface area contributed by atoms with E-state index in [1.54, 1.807) is 31.2 Å². The monoisotopic (exact) mass is 345 g/mol. The van der Waals surface area contributed by atoms with E-state index in [1.165, 1.54) is 0 Å².